The Morgan fingerprint density at radius 2 is 1.13 bits per heavy atom. The van der Waals surface area contributed by atoms with Gasteiger partial charge in [0.1, 0.15) is 59.6 Å². The van der Waals surface area contributed by atoms with Crippen LogP contribution in [0.4, 0.5) is 0 Å². The summed E-state index contributed by atoms with van der Waals surface area (Å²) in [6.07, 6.45) is 11.5. The van der Waals surface area contributed by atoms with Crippen LogP contribution in [0.5, 0.6) is 0 Å². The van der Waals surface area contributed by atoms with Crippen molar-refractivity contribution in [1.29, 1.82) is 0 Å². The van der Waals surface area contributed by atoms with Crippen molar-refractivity contribution in [1.82, 2.24) is 67.0 Å². The molecule has 2 bridgehead atoms. The van der Waals surface area contributed by atoms with E-state index < -0.39 is 155 Å². The van der Waals surface area contributed by atoms with E-state index in [0.717, 1.165) is 32.5 Å². The van der Waals surface area contributed by atoms with Crippen LogP contribution in [0.25, 0.3) is 10.9 Å². The van der Waals surface area contributed by atoms with E-state index in [9.17, 15) is 14.4 Å². The van der Waals surface area contributed by atoms with Gasteiger partial charge in [-0.15, -0.1) is 0 Å². The topological polar surface area (TPSA) is 494 Å². The first-order valence-electron chi connectivity index (χ1n) is 37.1. The average molecular weight is 1520 g/mol. The molecular weight excluding hydrogens is 1420 g/mol. The molecule has 9 rings (SSSR count). The van der Waals surface area contributed by atoms with Gasteiger partial charge in [0.25, 0.3) is 0 Å². The summed E-state index contributed by atoms with van der Waals surface area (Å²) in [6, 6.07) is 5.19. The summed E-state index contributed by atoms with van der Waals surface area (Å²) in [5.74, 6) is -13.1. The van der Waals surface area contributed by atoms with Gasteiger partial charge in [-0.3, -0.25) is 67.5 Å². The van der Waals surface area contributed by atoms with Crippen LogP contribution in [0.3, 0.4) is 0 Å². The maximum absolute atomic E-state index is 15.7. The van der Waals surface area contributed by atoms with Crippen LogP contribution in [-0.4, -0.2) is 198 Å². The molecule has 0 aliphatic carbocycles. The minimum Gasteiger partial charge on any atom is -0.370 e. The number of aliphatic imine (C=N–C) groups is 2. The zero-order chi connectivity index (χ0) is 77.1. The Balaban J connectivity index is 1.16. The smallest absolute Gasteiger partial charge is 0.246 e. The number of imidazole rings is 2. The molecule has 8 amide bonds. The Kier molecular flexibility index (Phi) is 31.6. The summed E-state index contributed by atoms with van der Waals surface area (Å²) in [5.41, 5.74) is 26.7. The monoisotopic (exact) mass is 1520 g/mol. The van der Waals surface area contributed by atoms with Gasteiger partial charge in [-0.05, 0) is 94.5 Å². The lowest BCUT2D eigenvalue weighted by Crippen LogP contribution is -2.61. The van der Waals surface area contributed by atoms with Gasteiger partial charge in [0, 0.05) is 159 Å². The van der Waals surface area contributed by atoms with Crippen molar-refractivity contribution in [2.75, 3.05) is 37.7 Å². The number of nitrogens with one attached hydrogen (secondary N) is 10. The highest BCUT2D eigenvalue weighted by Crippen LogP contribution is 2.33. The summed E-state index contributed by atoms with van der Waals surface area (Å²) < 4.78 is 0. The average Bonchev–Trinajstić information content (AvgIpc) is 1.61. The van der Waals surface area contributed by atoms with Crippen molar-refractivity contribution in [2.45, 2.75) is 184 Å². The van der Waals surface area contributed by atoms with Gasteiger partial charge in [0.05, 0.1) is 18.7 Å². The van der Waals surface area contributed by atoms with Crippen molar-refractivity contribution >= 4 is 115 Å². The minimum absolute atomic E-state index is 0.00498. The number of H-pyrrole nitrogens is 3. The second-order valence-electron chi connectivity index (χ2n) is 28.1. The maximum atomic E-state index is 15.7. The highest BCUT2D eigenvalue weighted by atomic mass is 33.1. The zero-order valence-electron chi connectivity index (χ0n) is 60.8. The van der Waals surface area contributed by atoms with E-state index >= 15 is 43.2 Å². The highest BCUT2D eigenvalue weighted by molar-refractivity contribution is 8.76. The van der Waals surface area contributed by atoms with Crippen LogP contribution < -0.4 is 60.2 Å². The molecule has 0 spiro atoms. The molecule has 580 valence electrons. The number of Topliss-reactive ketones (excluding diaryl/α,β-unsaturated/α-hetero) is 4. The highest BCUT2D eigenvalue weighted by Gasteiger charge is 2.42. The fraction of sp³-hybridized carbons (Fsp3) is 0.520. The van der Waals surface area contributed by atoms with Crippen molar-refractivity contribution in [2.24, 2.45) is 56.6 Å². The molecule has 18 N–H and O–H groups in total. The van der Waals surface area contributed by atoms with Crippen LogP contribution in [0.2, 0.25) is 0 Å². The fourth-order valence-corrected chi connectivity index (χ4v) is 16.4. The number of aromatic amines is 3. The molecule has 4 aliphatic rings. The van der Waals surface area contributed by atoms with Crippen LogP contribution in [-0.2, 0) is 83.2 Å². The first kappa shape index (κ1) is 82.2. The molecule has 31 nitrogen and oxygen atoms in total. The largest absolute Gasteiger partial charge is 0.370 e. The minimum atomic E-state index is -1.50. The third-order valence-electron chi connectivity index (χ3n) is 20.0. The number of hydrogen-bond donors (Lipinski definition) is 14. The number of guanidine groups is 1. The molecule has 33 heteroatoms. The number of carbonyl (C=O) groups is 12. The Bertz CT molecular complexity index is 4020. The molecule has 108 heavy (non-hydrogen) atoms. The van der Waals surface area contributed by atoms with Crippen molar-refractivity contribution in [3.63, 3.8) is 0 Å². The van der Waals surface area contributed by atoms with E-state index in [2.05, 4.69) is 72.1 Å². The van der Waals surface area contributed by atoms with Crippen LogP contribution in [0, 0.1) is 23.7 Å². The number of aromatic nitrogens is 5. The number of nitrogens with zero attached hydrogens (tertiary/aromatic N) is 5. The first-order valence-corrected chi connectivity index (χ1v) is 39.6. The van der Waals surface area contributed by atoms with Crippen molar-refractivity contribution in [3.8, 4) is 0 Å². The lowest BCUT2D eigenvalue weighted by molar-refractivity contribution is -0.142. The third kappa shape index (κ3) is 24.3. The van der Waals surface area contributed by atoms with Crippen LogP contribution >= 0.6 is 21.6 Å². The number of nitrogens with two attached hydrogens (primary N) is 4. The fourth-order valence-electron chi connectivity index (χ4n) is 13.9. The molecule has 12 atom stereocenters. The van der Waals surface area contributed by atoms with Gasteiger partial charge < -0.3 is 80.0 Å². The van der Waals surface area contributed by atoms with Gasteiger partial charge in [-0.1, -0.05) is 89.5 Å². The van der Waals surface area contributed by atoms with E-state index in [1.807, 2.05) is 30.3 Å². The molecule has 3 saturated heterocycles. The summed E-state index contributed by atoms with van der Waals surface area (Å²) in [6.45, 7) is 2.11. The molecule has 2 aromatic carbocycles. The summed E-state index contributed by atoms with van der Waals surface area (Å²) >= 11 is 0. The number of allylic oxidation sites excluding steroid dienone is 1. The Labute approximate surface area is 634 Å². The van der Waals surface area contributed by atoms with Gasteiger partial charge in [-0.2, -0.15) is 0 Å². The van der Waals surface area contributed by atoms with Gasteiger partial charge in [-0.25, -0.2) is 9.97 Å². The van der Waals surface area contributed by atoms with E-state index in [1.165, 1.54) is 29.9 Å². The maximum Gasteiger partial charge on any atom is 0.246 e. The predicted octanol–water partition coefficient (Wildman–Crippen LogP) is 2.06. The number of amides is 8. The number of unbranched alkanes of at least 4 members (excludes halogenated alkanes) is 2. The molecule has 0 unspecified atom stereocenters. The van der Waals surface area contributed by atoms with Crippen molar-refractivity contribution < 1.29 is 57.5 Å². The zero-order valence-corrected chi connectivity index (χ0v) is 62.4. The van der Waals surface area contributed by atoms with E-state index in [4.69, 9.17) is 22.9 Å². The SMILES string of the molecule is C[C@@H]1CC(=O)[C@@H]2CSSC[C@H](NC(=O)[C@H](CCCN=C(N)N)NC(=O)[C@H](Cc3cnc[nH]3)NC(=O)[C@H](CCCCN)NC(=O)[C@H](CCCCN)CC1=O)C(=O)N1CCC[C@H]1C(=O)N[C@@H](Cc1cnc[nH]1)C(=O)N[C@H](Cc1ccccc1)C(=O)N[C@@H](CC1=CCC=N1)C(=O)C[C@@H](Cc1c[nH]c3ccccc13)C(=O)C2. The summed E-state index contributed by atoms with van der Waals surface area (Å²) in [7, 11) is 2.17. The third-order valence-corrected chi connectivity index (χ3v) is 22.5. The van der Waals surface area contributed by atoms with Gasteiger partial charge in [0.15, 0.2) is 11.7 Å². The lowest BCUT2D eigenvalue weighted by atomic mass is 9.82. The normalized spacial score (nSPS) is 25.6. The molecule has 0 radical (unpaired) electrons. The number of ketones is 4. The number of benzene rings is 2. The van der Waals surface area contributed by atoms with E-state index in [0.29, 0.717) is 66.7 Å². The van der Waals surface area contributed by atoms with Crippen LogP contribution in [0.15, 0.2) is 108 Å². The lowest BCUT2D eigenvalue weighted by Gasteiger charge is -2.31. The Hall–Kier alpha value is -9.86. The number of rotatable bonds is 22. The van der Waals surface area contributed by atoms with E-state index in [1.54, 1.807) is 49.7 Å². The Morgan fingerprint density at radius 3 is 1.78 bits per heavy atom. The number of hydrogen-bond acceptors (Lipinski definition) is 20. The second kappa shape index (κ2) is 41.5. The summed E-state index contributed by atoms with van der Waals surface area (Å²) in [4.78, 5) is 210. The Morgan fingerprint density at radius 1 is 0.546 bits per heavy atom. The quantitative estimate of drug-likeness (QED) is 0.0204. The number of para-hydroxylation sites is 1. The van der Waals surface area contributed by atoms with Crippen molar-refractivity contribution in [3.05, 3.63) is 120 Å². The molecular formula is C75H101N19O12S2. The molecule has 7 heterocycles. The summed E-state index contributed by atoms with van der Waals surface area (Å²) in [5, 5.41) is 20.8. The standard InChI is InChI=1S/C75H101N19O12S2/c1-44-28-64(96)49-33-65(97)47(30-48-37-84-54-19-6-5-18-53(48)54)32-66(98)57(34-50-17-11-25-82-50)89-70(102)58(29-45-14-3-2-4-15-45)90-72(104)60(36-52-39-81-43-86-52)92-73(105)62-22-13-27-94(62)74(106)61(41-108-107-40-49)93-69(101)56(21-12-26-83-75(78)79)88-71(103)59(35-51-38-80-42-85-51)91-68(100)55(20-8-10-24-77)87-67(99)46(31-63(44)95)16-7-9-23-76/h2-6,14-15,17-19,25,37-39,42-44,46-47,49,55-62,84H,7-13,16,20-24,26-36,40-41,76-77H2,1H3,(H,80,85)(H,81,86)(H,87,99)(H,88,103)(H,89,102)(H,90,104)(H,91,100)(H,92,105)(H,93,101)(H4,78,79,83)/t44-,46-,47-,49+,55+,56+,57+,58-,59+,60+,61+,62+/m1/s1. The number of fused-ring (bicyclic) bond motifs is 7. The first-order chi connectivity index (χ1) is 52.1. The predicted molar refractivity (Wildman–Crippen MR) is 410 cm³/mol. The van der Waals surface area contributed by atoms with Crippen LogP contribution in [0.1, 0.15) is 132 Å². The molecule has 4 aliphatic heterocycles. The molecule has 5 aromatic rings. The molecule has 3 fully saturated rings. The van der Waals surface area contributed by atoms with Gasteiger partial charge >= 0.3 is 0 Å². The number of carbonyl (C=O) groups excluding carboxylic acids is 12. The second-order valence-corrected chi connectivity index (χ2v) is 30.7. The van der Waals surface area contributed by atoms with Gasteiger partial charge in [0.2, 0.25) is 47.3 Å². The molecule has 3 aromatic heterocycles. The molecule has 0 saturated carbocycles. The van der Waals surface area contributed by atoms with E-state index in [-0.39, 0.29) is 121 Å².